The first-order valence-corrected chi connectivity index (χ1v) is 7.96. The molecule has 0 spiro atoms. The summed E-state index contributed by atoms with van der Waals surface area (Å²) in [6.45, 7) is 8.91. The van der Waals surface area contributed by atoms with Crippen molar-refractivity contribution in [3.05, 3.63) is 30.4 Å². The van der Waals surface area contributed by atoms with E-state index < -0.39 is 0 Å². The van der Waals surface area contributed by atoms with Crippen molar-refractivity contribution in [1.82, 2.24) is 24.6 Å². The summed E-state index contributed by atoms with van der Waals surface area (Å²) in [5, 5.41) is 3.51. The number of rotatable bonds is 5. The molecule has 1 unspecified atom stereocenters. The second-order valence-corrected chi connectivity index (χ2v) is 6.29. The van der Waals surface area contributed by atoms with E-state index in [2.05, 4.69) is 40.2 Å². The summed E-state index contributed by atoms with van der Waals surface area (Å²) in [5.41, 5.74) is 1.10. The van der Waals surface area contributed by atoms with E-state index >= 15 is 0 Å². The van der Waals surface area contributed by atoms with Gasteiger partial charge in [-0.15, -0.1) is 0 Å². The highest BCUT2D eigenvalue weighted by Gasteiger charge is 2.20. The van der Waals surface area contributed by atoms with Crippen LogP contribution in [0.3, 0.4) is 0 Å². The molecule has 1 aliphatic heterocycles. The molecule has 1 atom stereocenters. The van der Waals surface area contributed by atoms with Crippen LogP contribution in [0.5, 0.6) is 0 Å². The van der Waals surface area contributed by atoms with Crippen molar-refractivity contribution < 1.29 is 0 Å². The Morgan fingerprint density at radius 3 is 3.10 bits per heavy atom. The Labute approximate surface area is 126 Å². The lowest BCUT2D eigenvalue weighted by Gasteiger charge is -2.32. The predicted octanol–water partition coefficient (Wildman–Crippen LogP) is 1.94. The second kappa shape index (κ2) is 6.54. The molecule has 5 nitrogen and oxygen atoms in total. The molecule has 0 saturated carbocycles. The Kier molecular flexibility index (Phi) is 4.51. The molecule has 1 aliphatic rings. The van der Waals surface area contributed by atoms with Crippen LogP contribution in [-0.4, -0.2) is 44.9 Å². The molecule has 1 saturated heterocycles. The Morgan fingerprint density at radius 2 is 2.38 bits per heavy atom. The second-order valence-electron chi connectivity index (χ2n) is 6.29. The van der Waals surface area contributed by atoms with Crippen LogP contribution in [0.1, 0.15) is 32.4 Å². The van der Waals surface area contributed by atoms with Gasteiger partial charge < -0.3 is 5.32 Å². The fraction of sp³-hybridized carbons (Fsp3) is 0.625. The molecule has 0 aromatic carbocycles. The number of nitrogens with one attached hydrogen (secondary N) is 1. The molecule has 0 bridgehead atoms. The van der Waals surface area contributed by atoms with Crippen LogP contribution < -0.4 is 5.32 Å². The van der Waals surface area contributed by atoms with E-state index in [9.17, 15) is 0 Å². The third-order valence-corrected chi connectivity index (χ3v) is 4.27. The van der Waals surface area contributed by atoms with Crippen molar-refractivity contribution in [1.29, 1.82) is 0 Å². The quantitative estimate of drug-likeness (QED) is 0.913. The summed E-state index contributed by atoms with van der Waals surface area (Å²) in [5.74, 6) is 1.55. The van der Waals surface area contributed by atoms with Crippen molar-refractivity contribution in [2.24, 2.45) is 5.92 Å². The molecule has 1 N–H and O–H groups in total. The Bertz CT molecular complexity index is 538. The van der Waals surface area contributed by atoms with Gasteiger partial charge in [-0.05, 0) is 51.8 Å². The summed E-state index contributed by atoms with van der Waals surface area (Å²) >= 11 is 0. The number of fused-ring (bicyclic) bond motifs is 1. The van der Waals surface area contributed by atoms with Gasteiger partial charge in [-0.2, -0.15) is 0 Å². The number of aromatic nitrogens is 3. The standard InChI is InChI=1S/C16H25N5/c1-13(2)21(10-14-5-3-6-17-9-14)12-15-11-20-8-4-7-18-16(20)19-15/h4,7-8,11,13-14,17H,3,5-6,9-10,12H2,1-2H3. The fourth-order valence-electron chi connectivity index (χ4n) is 3.03. The molecule has 1 fully saturated rings. The number of imidazole rings is 1. The fourth-order valence-corrected chi connectivity index (χ4v) is 3.03. The third kappa shape index (κ3) is 3.60. The van der Waals surface area contributed by atoms with E-state index in [0.29, 0.717) is 6.04 Å². The number of hydrogen-bond acceptors (Lipinski definition) is 4. The van der Waals surface area contributed by atoms with Gasteiger partial charge in [0.1, 0.15) is 0 Å². The Balaban J connectivity index is 1.68. The van der Waals surface area contributed by atoms with Gasteiger partial charge in [0.2, 0.25) is 5.78 Å². The van der Waals surface area contributed by atoms with Gasteiger partial charge in [0.15, 0.2) is 0 Å². The number of nitrogens with zero attached hydrogens (tertiary/aromatic N) is 4. The first-order chi connectivity index (χ1) is 10.2. The monoisotopic (exact) mass is 287 g/mol. The highest BCUT2D eigenvalue weighted by molar-refractivity contribution is 5.29. The zero-order chi connectivity index (χ0) is 14.7. The first kappa shape index (κ1) is 14.5. The highest BCUT2D eigenvalue weighted by atomic mass is 15.2. The van der Waals surface area contributed by atoms with Crippen LogP contribution in [-0.2, 0) is 6.54 Å². The SMILES string of the molecule is CC(C)N(Cc1cn2cccnc2n1)CC1CCCNC1. The van der Waals surface area contributed by atoms with Crippen molar-refractivity contribution in [3.8, 4) is 0 Å². The van der Waals surface area contributed by atoms with E-state index in [4.69, 9.17) is 0 Å². The molecule has 2 aromatic heterocycles. The van der Waals surface area contributed by atoms with E-state index in [1.54, 1.807) is 6.20 Å². The van der Waals surface area contributed by atoms with Gasteiger partial charge in [0.05, 0.1) is 5.69 Å². The molecule has 2 aromatic rings. The topological polar surface area (TPSA) is 45.5 Å². The average Bonchev–Trinajstić information content (AvgIpc) is 2.90. The summed E-state index contributed by atoms with van der Waals surface area (Å²) in [4.78, 5) is 11.4. The summed E-state index contributed by atoms with van der Waals surface area (Å²) in [7, 11) is 0. The van der Waals surface area contributed by atoms with Crippen LogP contribution in [0.15, 0.2) is 24.7 Å². The van der Waals surface area contributed by atoms with Crippen LogP contribution in [0, 0.1) is 5.92 Å². The van der Waals surface area contributed by atoms with Crippen molar-refractivity contribution in [2.45, 2.75) is 39.3 Å². The van der Waals surface area contributed by atoms with Crippen molar-refractivity contribution in [2.75, 3.05) is 19.6 Å². The third-order valence-electron chi connectivity index (χ3n) is 4.27. The summed E-state index contributed by atoms with van der Waals surface area (Å²) in [6, 6.07) is 2.47. The van der Waals surface area contributed by atoms with Gasteiger partial charge in [-0.25, -0.2) is 9.97 Å². The van der Waals surface area contributed by atoms with Gasteiger partial charge in [-0.3, -0.25) is 9.30 Å². The molecule has 0 aliphatic carbocycles. The highest BCUT2D eigenvalue weighted by Crippen LogP contribution is 2.16. The lowest BCUT2D eigenvalue weighted by molar-refractivity contribution is 0.162. The zero-order valence-electron chi connectivity index (χ0n) is 13.0. The molecule has 0 amide bonds. The van der Waals surface area contributed by atoms with Gasteiger partial charge >= 0.3 is 0 Å². The van der Waals surface area contributed by atoms with Crippen molar-refractivity contribution >= 4 is 5.78 Å². The van der Waals surface area contributed by atoms with Crippen LogP contribution >= 0.6 is 0 Å². The molecular weight excluding hydrogens is 262 g/mol. The van der Waals surface area contributed by atoms with Crippen LogP contribution in [0.4, 0.5) is 0 Å². The lowest BCUT2D eigenvalue weighted by atomic mass is 9.98. The number of piperidine rings is 1. The normalized spacial score (nSPS) is 19.7. The smallest absolute Gasteiger partial charge is 0.233 e. The summed E-state index contributed by atoms with van der Waals surface area (Å²) < 4.78 is 2.00. The Hall–Kier alpha value is -1.46. The zero-order valence-corrected chi connectivity index (χ0v) is 13.0. The van der Waals surface area contributed by atoms with E-state index in [1.807, 2.05) is 16.7 Å². The van der Waals surface area contributed by atoms with Gasteiger partial charge in [-0.1, -0.05) is 0 Å². The van der Waals surface area contributed by atoms with E-state index in [-0.39, 0.29) is 0 Å². The van der Waals surface area contributed by atoms with E-state index in [1.165, 1.54) is 19.4 Å². The van der Waals surface area contributed by atoms with Gasteiger partial charge in [0.25, 0.3) is 0 Å². The van der Waals surface area contributed by atoms with Crippen molar-refractivity contribution in [3.63, 3.8) is 0 Å². The summed E-state index contributed by atoms with van der Waals surface area (Å²) in [6.07, 6.45) is 8.53. The maximum atomic E-state index is 4.62. The van der Waals surface area contributed by atoms with E-state index in [0.717, 1.165) is 37.0 Å². The minimum Gasteiger partial charge on any atom is -0.316 e. The predicted molar refractivity (Wildman–Crippen MR) is 84.1 cm³/mol. The van der Waals surface area contributed by atoms with Gasteiger partial charge in [0, 0.05) is 37.7 Å². The van der Waals surface area contributed by atoms with Crippen LogP contribution in [0.25, 0.3) is 5.78 Å². The molecule has 3 rings (SSSR count). The van der Waals surface area contributed by atoms with Crippen LogP contribution in [0.2, 0.25) is 0 Å². The largest absolute Gasteiger partial charge is 0.316 e. The molecule has 3 heterocycles. The Morgan fingerprint density at radius 1 is 1.48 bits per heavy atom. The molecular formula is C16H25N5. The minimum atomic E-state index is 0.532. The first-order valence-electron chi connectivity index (χ1n) is 7.96. The lowest BCUT2D eigenvalue weighted by Crippen LogP contribution is -2.40. The number of hydrogen-bond donors (Lipinski definition) is 1. The molecule has 5 heteroatoms. The molecule has 114 valence electrons. The maximum absolute atomic E-state index is 4.62. The molecule has 0 radical (unpaired) electrons. The maximum Gasteiger partial charge on any atom is 0.233 e. The molecule has 21 heavy (non-hydrogen) atoms. The minimum absolute atomic E-state index is 0.532. The average molecular weight is 287 g/mol.